The Labute approximate surface area is 119 Å². The third-order valence-corrected chi connectivity index (χ3v) is 4.05. The standard InChI is InChI=1S/C15H22N4O/c1-10-8-15(2,3)19(4)13-6-5-11(7-12(10)13)9-17-18-14(16)20/h5-7,9-10H,8H2,1-4H3,(H3,16,18,20)/b17-9+. The first-order valence-corrected chi connectivity index (χ1v) is 6.77. The van der Waals surface area contributed by atoms with Crippen molar-refractivity contribution in [3.8, 4) is 0 Å². The van der Waals surface area contributed by atoms with E-state index in [0.717, 1.165) is 12.0 Å². The van der Waals surface area contributed by atoms with Gasteiger partial charge in [-0.3, -0.25) is 0 Å². The van der Waals surface area contributed by atoms with Crippen LogP contribution >= 0.6 is 0 Å². The number of benzene rings is 1. The van der Waals surface area contributed by atoms with Gasteiger partial charge in [0.25, 0.3) is 0 Å². The van der Waals surface area contributed by atoms with E-state index in [2.05, 4.69) is 55.4 Å². The third-order valence-electron chi connectivity index (χ3n) is 4.05. The maximum absolute atomic E-state index is 10.6. The van der Waals surface area contributed by atoms with Crippen LogP contribution in [0.3, 0.4) is 0 Å². The number of rotatable bonds is 2. The minimum Gasteiger partial charge on any atom is -0.369 e. The van der Waals surface area contributed by atoms with Gasteiger partial charge >= 0.3 is 6.03 Å². The molecule has 1 aliphatic rings. The number of nitrogens with one attached hydrogen (secondary N) is 1. The Morgan fingerprint density at radius 3 is 2.90 bits per heavy atom. The average Bonchev–Trinajstić information content (AvgIpc) is 2.35. The monoisotopic (exact) mass is 274 g/mol. The fourth-order valence-corrected chi connectivity index (χ4v) is 2.85. The van der Waals surface area contributed by atoms with Gasteiger partial charge in [0.2, 0.25) is 0 Å². The molecule has 0 aliphatic carbocycles. The Hall–Kier alpha value is -2.04. The number of hydrogen-bond donors (Lipinski definition) is 2. The number of anilines is 1. The van der Waals surface area contributed by atoms with Crippen molar-refractivity contribution in [3.63, 3.8) is 0 Å². The fourth-order valence-electron chi connectivity index (χ4n) is 2.85. The Balaban J connectivity index is 2.30. The molecule has 1 aliphatic heterocycles. The predicted molar refractivity (Wildman–Crippen MR) is 82.3 cm³/mol. The molecule has 20 heavy (non-hydrogen) atoms. The number of carbonyl (C=O) groups excluding carboxylic acids is 1. The highest BCUT2D eigenvalue weighted by atomic mass is 16.2. The molecule has 1 heterocycles. The minimum absolute atomic E-state index is 0.162. The molecular formula is C15H22N4O. The lowest BCUT2D eigenvalue weighted by molar-refractivity contribution is 0.249. The summed E-state index contributed by atoms with van der Waals surface area (Å²) in [6, 6.07) is 5.57. The maximum atomic E-state index is 10.6. The molecule has 0 aromatic heterocycles. The molecule has 1 atom stereocenters. The van der Waals surface area contributed by atoms with Gasteiger partial charge in [0.15, 0.2) is 0 Å². The van der Waals surface area contributed by atoms with E-state index in [0.29, 0.717) is 5.92 Å². The fraction of sp³-hybridized carbons (Fsp3) is 0.467. The zero-order valence-corrected chi connectivity index (χ0v) is 12.5. The van der Waals surface area contributed by atoms with Crippen LogP contribution in [0.1, 0.15) is 44.2 Å². The van der Waals surface area contributed by atoms with Gasteiger partial charge in [0.05, 0.1) is 6.21 Å². The van der Waals surface area contributed by atoms with Crippen molar-refractivity contribution in [1.82, 2.24) is 5.43 Å². The lowest BCUT2D eigenvalue weighted by Crippen LogP contribution is -2.45. The Morgan fingerprint density at radius 2 is 2.25 bits per heavy atom. The van der Waals surface area contributed by atoms with Crippen molar-refractivity contribution in [2.45, 2.75) is 38.6 Å². The van der Waals surface area contributed by atoms with Crippen LogP contribution in [-0.4, -0.2) is 24.8 Å². The molecule has 0 bridgehead atoms. The average molecular weight is 274 g/mol. The van der Waals surface area contributed by atoms with Crippen LogP contribution in [0.15, 0.2) is 23.3 Å². The van der Waals surface area contributed by atoms with E-state index in [9.17, 15) is 4.79 Å². The summed E-state index contributed by atoms with van der Waals surface area (Å²) in [7, 11) is 2.13. The molecule has 0 spiro atoms. The number of nitrogens with zero attached hydrogens (tertiary/aromatic N) is 2. The molecular weight excluding hydrogens is 252 g/mol. The van der Waals surface area contributed by atoms with Crippen molar-refractivity contribution in [3.05, 3.63) is 29.3 Å². The summed E-state index contributed by atoms with van der Waals surface area (Å²) in [5, 5.41) is 3.80. The first-order valence-electron chi connectivity index (χ1n) is 6.77. The van der Waals surface area contributed by atoms with E-state index in [1.165, 1.54) is 11.3 Å². The SMILES string of the molecule is CC1CC(C)(C)N(C)c2ccc(/C=N/NC(N)=O)cc21. The van der Waals surface area contributed by atoms with Gasteiger partial charge in [-0.15, -0.1) is 0 Å². The molecule has 3 N–H and O–H groups in total. The number of hydrogen-bond acceptors (Lipinski definition) is 3. The topological polar surface area (TPSA) is 70.7 Å². The number of amides is 2. The van der Waals surface area contributed by atoms with Crippen molar-refractivity contribution in [2.24, 2.45) is 10.8 Å². The highest BCUT2D eigenvalue weighted by molar-refractivity contribution is 5.83. The van der Waals surface area contributed by atoms with Crippen molar-refractivity contribution in [1.29, 1.82) is 0 Å². The molecule has 108 valence electrons. The number of carbonyl (C=O) groups is 1. The number of hydrazone groups is 1. The van der Waals surface area contributed by atoms with Crippen molar-refractivity contribution >= 4 is 17.9 Å². The van der Waals surface area contributed by atoms with Crippen LogP contribution in [0.2, 0.25) is 0 Å². The molecule has 1 aromatic carbocycles. The van der Waals surface area contributed by atoms with Gasteiger partial charge in [0.1, 0.15) is 0 Å². The second-order valence-corrected chi connectivity index (χ2v) is 6.03. The maximum Gasteiger partial charge on any atom is 0.332 e. The highest BCUT2D eigenvalue weighted by Gasteiger charge is 2.33. The van der Waals surface area contributed by atoms with E-state index >= 15 is 0 Å². The van der Waals surface area contributed by atoms with Crippen LogP contribution in [0.4, 0.5) is 10.5 Å². The third kappa shape index (κ3) is 2.76. The summed E-state index contributed by atoms with van der Waals surface area (Å²) in [6.45, 7) is 6.77. The lowest BCUT2D eigenvalue weighted by atomic mass is 9.80. The number of urea groups is 1. The van der Waals surface area contributed by atoms with Gasteiger partial charge in [-0.2, -0.15) is 5.10 Å². The predicted octanol–water partition coefficient (Wildman–Crippen LogP) is 2.41. The molecule has 0 saturated heterocycles. The zero-order chi connectivity index (χ0) is 14.9. The molecule has 2 rings (SSSR count). The number of primary amides is 1. The van der Waals surface area contributed by atoms with Gasteiger partial charge in [-0.05, 0) is 49.4 Å². The molecule has 0 saturated carbocycles. The van der Waals surface area contributed by atoms with Crippen LogP contribution < -0.4 is 16.1 Å². The van der Waals surface area contributed by atoms with E-state index in [1.54, 1.807) is 6.21 Å². The van der Waals surface area contributed by atoms with Crippen LogP contribution in [0.25, 0.3) is 0 Å². The van der Waals surface area contributed by atoms with Crippen LogP contribution in [0, 0.1) is 0 Å². The summed E-state index contributed by atoms with van der Waals surface area (Å²) < 4.78 is 0. The van der Waals surface area contributed by atoms with Crippen molar-refractivity contribution in [2.75, 3.05) is 11.9 Å². The summed E-state index contributed by atoms with van der Waals surface area (Å²) >= 11 is 0. The summed E-state index contributed by atoms with van der Waals surface area (Å²) in [5.74, 6) is 0.494. The molecule has 5 nitrogen and oxygen atoms in total. The van der Waals surface area contributed by atoms with E-state index in [1.807, 2.05) is 6.07 Å². The van der Waals surface area contributed by atoms with Gasteiger partial charge in [-0.1, -0.05) is 13.0 Å². The molecule has 0 radical (unpaired) electrons. The lowest BCUT2D eigenvalue weighted by Gasteiger charge is -2.45. The molecule has 5 heteroatoms. The first-order chi connectivity index (χ1) is 9.31. The Morgan fingerprint density at radius 1 is 1.55 bits per heavy atom. The summed E-state index contributed by atoms with van der Waals surface area (Å²) in [4.78, 5) is 12.9. The summed E-state index contributed by atoms with van der Waals surface area (Å²) in [5.41, 5.74) is 10.9. The first kappa shape index (κ1) is 14.4. The molecule has 2 amide bonds. The van der Waals surface area contributed by atoms with Crippen molar-refractivity contribution < 1.29 is 4.79 Å². The number of nitrogens with two attached hydrogens (primary N) is 1. The van der Waals surface area contributed by atoms with Crippen LogP contribution in [0.5, 0.6) is 0 Å². The van der Waals surface area contributed by atoms with E-state index in [-0.39, 0.29) is 5.54 Å². The quantitative estimate of drug-likeness (QED) is 0.642. The molecule has 1 aromatic rings. The van der Waals surface area contributed by atoms with Gasteiger partial charge in [-0.25, -0.2) is 10.2 Å². The molecule has 1 unspecified atom stereocenters. The van der Waals surface area contributed by atoms with E-state index in [4.69, 9.17) is 5.73 Å². The normalized spacial score (nSPS) is 20.8. The highest BCUT2D eigenvalue weighted by Crippen LogP contribution is 2.42. The van der Waals surface area contributed by atoms with Gasteiger partial charge in [0, 0.05) is 18.3 Å². The smallest absolute Gasteiger partial charge is 0.332 e. The summed E-state index contributed by atoms with van der Waals surface area (Å²) in [6.07, 6.45) is 2.72. The Bertz CT molecular complexity index is 551. The minimum atomic E-state index is -0.658. The largest absolute Gasteiger partial charge is 0.369 e. The molecule has 0 fully saturated rings. The van der Waals surface area contributed by atoms with Crippen LogP contribution in [-0.2, 0) is 0 Å². The Kier molecular flexibility index (Phi) is 3.70. The zero-order valence-electron chi connectivity index (χ0n) is 12.5. The number of fused-ring (bicyclic) bond motifs is 1. The second kappa shape index (κ2) is 5.15. The second-order valence-electron chi connectivity index (χ2n) is 6.03. The van der Waals surface area contributed by atoms with Gasteiger partial charge < -0.3 is 10.6 Å². The van der Waals surface area contributed by atoms with E-state index < -0.39 is 6.03 Å².